The Bertz CT molecular complexity index is 1340. The van der Waals surface area contributed by atoms with E-state index in [-0.39, 0.29) is 26.7 Å². The molecule has 0 spiro atoms. The molecule has 2 N–H and O–H groups in total. The van der Waals surface area contributed by atoms with Crippen molar-refractivity contribution in [2.45, 2.75) is 17.2 Å². The highest BCUT2D eigenvalue weighted by atomic mass is 35.5. The minimum atomic E-state index is -5.13. The third kappa shape index (κ3) is 6.59. The predicted octanol–water partition coefficient (Wildman–Crippen LogP) is 7.08. The van der Waals surface area contributed by atoms with Crippen molar-refractivity contribution in [1.29, 1.82) is 0 Å². The average Bonchev–Trinajstić information content (AvgIpc) is 2.73. The maximum absolute atomic E-state index is 13.1. The number of rotatable bonds is 5. The SMILES string of the molecule is O=C(Nc1cc(C(F)(F)F)cc(C(F)(F)F)c1)c1cc(Cl)ccc1NS(=O)(=O)c1ccc(Cl)cc1. The van der Waals surface area contributed by atoms with Crippen LogP contribution in [-0.2, 0) is 22.4 Å². The van der Waals surface area contributed by atoms with E-state index in [9.17, 15) is 39.6 Å². The van der Waals surface area contributed by atoms with E-state index < -0.39 is 50.7 Å². The molecule has 0 aliphatic heterocycles. The molecule has 0 saturated carbocycles. The summed E-state index contributed by atoms with van der Waals surface area (Å²) in [6.45, 7) is 0. The molecule has 14 heteroatoms. The van der Waals surface area contributed by atoms with Gasteiger partial charge in [-0.25, -0.2) is 8.42 Å². The van der Waals surface area contributed by atoms with Crippen molar-refractivity contribution >= 4 is 50.5 Å². The van der Waals surface area contributed by atoms with Gasteiger partial charge in [-0.3, -0.25) is 9.52 Å². The molecule has 0 radical (unpaired) electrons. The van der Waals surface area contributed by atoms with Crippen LogP contribution in [0.1, 0.15) is 21.5 Å². The molecule has 0 saturated heterocycles. The summed E-state index contributed by atoms with van der Waals surface area (Å²) in [6.07, 6.45) is -10.3. The first-order valence-electron chi connectivity index (χ1n) is 9.25. The number of hydrogen-bond donors (Lipinski definition) is 2. The molecule has 0 fully saturated rings. The van der Waals surface area contributed by atoms with Crippen LogP contribution in [0.4, 0.5) is 37.7 Å². The van der Waals surface area contributed by atoms with Gasteiger partial charge < -0.3 is 5.32 Å². The summed E-state index contributed by atoms with van der Waals surface area (Å²) in [6, 6.07) is 8.83. The Kier molecular flexibility index (Phi) is 7.30. The number of carbonyl (C=O) groups excluding carboxylic acids is 1. The normalized spacial score (nSPS) is 12.3. The first-order chi connectivity index (χ1) is 16.1. The summed E-state index contributed by atoms with van der Waals surface area (Å²) in [7, 11) is -4.25. The van der Waals surface area contributed by atoms with Crippen LogP contribution >= 0.6 is 23.2 Å². The van der Waals surface area contributed by atoms with Crippen LogP contribution in [0.3, 0.4) is 0 Å². The summed E-state index contributed by atoms with van der Waals surface area (Å²) in [5.41, 5.74) is -4.88. The standard InChI is InChI=1S/C21H12Cl2F6N2O3S/c22-13-1-4-16(5-2-13)35(33,34)31-18-6-3-14(23)10-17(18)19(32)30-15-8-11(20(24,25)26)7-12(9-15)21(27,28)29/h1-10,31H,(H,30,32). The van der Waals surface area contributed by atoms with Crippen LogP contribution in [0.25, 0.3) is 0 Å². The largest absolute Gasteiger partial charge is 0.416 e. The van der Waals surface area contributed by atoms with Gasteiger partial charge in [0.2, 0.25) is 0 Å². The van der Waals surface area contributed by atoms with Gasteiger partial charge in [-0.2, -0.15) is 26.3 Å². The number of amides is 1. The van der Waals surface area contributed by atoms with Crippen molar-refractivity contribution in [3.05, 3.63) is 87.4 Å². The lowest BCUT2D eigenvalue weighted by molar-refractivity contribution is -0.143. The zero-order valence-corrected chi connectivity index (χ0v) is 19.3. The van der Waals surface area contributed by atoms with Crippen molar-refractivity contribution in [2.24, 2.45) is 0 Å². The molecular formula is C21H12Cl2F6N2O3S. The molecule has 186 valence electrons. The first-order valence-corrected chi connectivity index (χ1v) is 11.5. The summed E-state index contributed by atoms with van der Waals surface area (Å²) < 4.78 is 106. The van der Waals surface area contributed by atoms with Gasteiger partial charge in [-0.05, 0) is 60.7 Å². The van der Waals surface area contributed by atoms with Crippen molar-refractivity contribution in [2.75, 3.05) is 10.0 Å². The summed E-state index contributed by atoms with van der Waals surface area (Å²) >= 11 is 11.6. The number of carbonyl (C=O) groups is 1. The van der Waals surface area contributed by atoms with Crippen molar-refractivity contribution in [3.8, 4) is 0 Å². The zero-order valence-electron chi connectivity index (χ0n) is 16.9. The van der Waals surface area contributed by atoms with Gasteiger partial charge in [0.1, 0.15) is 0 Å². The lowest BCUT2D eigenvalue weighted by Gasteiger charge is -2.16. The molecule has 1 amide bonds. The number of sulfonamides is 1. The number of halogens is 8. The predicted molar refractivity (Wildman–Crippen MR) is 118 cm³/mol. The minimum absolute atomic E-state index is 0.0513. The quantitative estimate of drug-likeness (QED) is 0.329. The maximum Gasteiger partial charge on any atom is 0.416 e. The van der Waals surface area contributed by atoms with E-state index in [1.54, 1.807) is 0 Å². The molecule has 0 aliphatic carbocycles. The van der Waals surface area contributed by atoms with Crippen LogP contribution in [-0.4, -0.2) is 14.3 Å². The molecule has 0 aliphatic rings. The van der Waals surface area contributed by atoms with E-state index >= 15 is 0 Å². The van der Waals surface area contributed by atoms with Crippen LogP contribution in [0.15, 0.2) is 65.6 Å². The van der Waals surface area contributed by atoms with Gasteiger partial charge in [-0.1, -0.05) is 23.2 Å². The smallest absolute Gasteiger partial charge is 0.322 e. The third-order valence-electron chi connectivity index (χ3n) is 4.44. The summed E-state index contributed by atoms with van der Waals surface area (Å²) in [5.74, 6) is -1.21. The van der Waals surface area contributed by atoms with Gasteiger partial charge in [0.15, 0.2) is 0 Å². The van der Waals surface area contributed by atoms with E-state index in [2.05, 4.69) is 4.72 Å². The van der Waals surface area contributed by atoms with Crippen molar-refractivity contribution < 1.29 is 39.6 Å². The lowest BCUT2D eigenvalue weighted by Crippen LogP contribution is -2.19. The molecule has 0 unspecified atom stereocenters. The number of alkyl halides is 6. The first kappa shape index (κ1) is 26.6. The van der Waals surface area contributed by atoms with Gasteiger partial charge in [0, 0.05) is 15.7 Å². The van der Waals surface area contributed by atoms with E-state index in [0.29, 0.717) is 12.1 Å². The number of nitrogens with one attached hydrogen (secondary N) is 2. The average molecular weight is 557 g/mol. The lowest BCUT2D eigenvalue weighted by atomic mass is 10.1. The molecule has 0 aromatic heterocycles. The Hall–Kier alpha value is -2.96. The van der Waals surface area contributed by atoms with E-state index in [4.69, 9.17) is 23.2 Å². The fraction of sp³-hybridized carbons (Fsp3) is 0.0952. The Morgan fingerprint density at radius 3 is 1.77 bits per heavy atom. The highest BCUT2D eigenvalue weighted by molar-refractivity contribution is 7.92. The van der Waals surface area contributed by atoms with Crippen molar-refractivity contribution in [1.82, 2.24) is 0 Å². The summed E-state index contributed by atoms with van der Waals surface area (Å²) in [5, 5.41) is 2.14. The van der Waals surface area contributed by atoms with Gasteiger partial charge in [0.25, 0.3) is 15.9 Å². The topological polar surface area (TPSA) is 75.3 Å². The molecule has 35 heavy (non-hydrogen) atoms. The van der Waals surface area contributed by atoms with Gasteiger partial charge >= 0.3 is 12.4 Å². The fourth-order valence-corrected chi connectivity index (χ4v) is 4.21. The Morgan fingerprint density at radius 1 is 0.743 bits per heavy atom. The minimum Gasteiger partial charge on any atom is -0.322 e. The highest BCUT2D eigenvalue weighted by Crippen LogP contribution is 2.38. The second-order valence-corrected chi connectivity index (χ2v) is 9.55. The van der Waals surface area contributed by atoms with Gasteiger partial charge in [-0.15, -0.1) is 0 Å². The number of anilines is 2. The number of hydrogen-bond acceptors (Lipinski definition) is 3. The Balaban J connectivity index is 1.99. The second kappa shape index (κ2) is 9.59. The van der Waals surface area contributed by atoms with Crippen LogP contribution in [0.5, 0.6) is 0 Å². The summed E-state index contributed by atoms with van der Waals surface area (Å²) in [4.78, 5) is 12.6. The number of benzene rings is 3. The molecule has 3 aromatic carbocycles. The third-order valence-corrected chi connectivity index (χ3v) is 6.31. The Morgan fingerprint density at radius 2 is 1.26 bits per heavy atom. The monoisotopic (exact) mass is 556 g/mol. The van der Waals surface area contributed by atoms with E-state index in [1.165, 1.54) is 30.3 Å². The molecule has 3 rings (SSSR count). The molecule has 3 aromatic rings. The Labute approximate surface area is 204 Å². The zero-order chi connectivity index (χ0) is 26.2. The van der Waals surface area contributed by atoms with Crippen molar-refractivity contribution in [3.63, 3.8) is 0 Å². The second-order valence-electron chi connectivity index (χ2n) is 7.00. The van der Waals surface area contributed by atoms with Crippen LogP contribution < -0.4 is 10.0 Å². The molecule has 0 heterocycles. The van der Waals surface area contributed by atoms with Crippen LogP contribution in [0.2, 0.25) is 10.0 Å². The fourth-order valence-electron chi connectivity index (χ4n) is 2.84. The molecular weight excluding hydrogens is 545 g/mol. The van der Waals surface area contributed by atoms with Gasteiger partial charge in [0.05, 0.1) is 27.3 Å². The van der Waals surface area contributed by atoms with E-state index in [0.717, 1.165) is 12.1 Å². The highest BCUT2D eigenvalue weighted by Gasteiger charge is 2.37. The molecule has 5 nitrogen and oxygen atoms in total. The van der Waals surface area contributed by atoms with E-state index in [1.807, 2.05) is 5.32 Å². The molecule has 0 atom stereocenters. The molecule has 0 bridgehead atoms. The maximum atomic E-state index is 13.1. The van der Waals surface area contributed by atoms with Crippen LogP contribution in [0, 0.1) is 0 Å².